The van der Waals surface area contributed by atoms with Crippen LogP contribution >= 0.6 is 0 Å². The van der Waals surface area contributed by atoms with Gasteiger partial charge in [-0.25, -0.2) is 0 Å². The molecule has 2 heterocycles. The quantitative estimate of drug-likeness (QED) is 0.872. The van der Waals surface area contributed by atoms with E-state index >= 15 is 0 Å². The van der Waals surface area contributed by atoms with Gasteiger partial charge in [0, 0.05) is 12.4 Å². The number of nitrogens with zero attached hydrogens (tertiary/aromatic N) is 3. The minimum absolute atomic E-state index is 0.0102. The molecule has 0 spiro atoms. The number of primary amides is 1. The molecular weight excluding hydrogens is 282 g/mol. The van der Waals surface area contributed by atoms with Crippen molar-refractivity contribution in [2.24, 2.45) is 5.73 Å². The predicted octanol–water partition coefficient (Wildman–Crippen LogP) is 0.822. The van der Waals surface area contributed by atoms with Crippen LogP contribution in [0.25, 0.3) is 0 Å². The van der Waals surface area contributed by atoms with Crippen molar-refractivity contribution in [2.75, 3.05) is 5.32 Å². The Labute approximate surface area is 127 Å². The topological polar surface area (TPSA) is 103 Å². The summed E-state index contributed by atoms with van der Waals surface area (Å²) in [5.41, 5.74) is 7.65. The molecule has 7 nitrogen and oxygen atoms in total. The Balaban J connectivity index is 1.73. The summed E-state index contributed by atoms with van der Waals surface area (Å²) in [6.45, 7) is -0.0102. The Morgan fingerprint density at radius 2 is 2.32 bits per heavy atom. The first-order valence-electron chi connectivity index (χ1n) is 7.19. The predicted molar refractivity (Wildman–Crippen MR) is 80.0 cm³/mol. The van der Waals surface area contributed by atoms with Crippen LogP contribution in [0.5, 0.6) is 0 Å². The van der Waals surface area contributed by atoms with Crippen molar-refractivity contribution in [3.63, 3.8) is 0 Å². The highest BCUT2D eigenvalue weighted by Gasteiger charge is 2.27. The van der Waals surface area contributed by atoms with Gasteiger partial charge in [0.2, 0.25) is 11.8 Å². The molecule has 2 amide bonds. The van der Waals surface area contributed by atoms with Gasteiger partial charge >= 0.3 is 0 Å². The van der Waals surface area contributed by atoms with E-state index in [1.165, 1.54) is 10.9 Å². The molecular formula is C15H17N5O2. The van der Waals surface area contributed by atoms with E-state index in [4.69, 9.17) is 5.73 Å². The number of hydrogen-bond acceptors (Lipinski definition) is 4. The maximum atomic E-state index is 12.5. The van der Waals surface area contributed by atoms with E-state index in [0.717, 1.165) is 30.5 Å². The fraction of sp³-hybridized carbons (Fsp3) is 0.333. The Morgan fingerprint density at radius 1 is 1.45 bits per heavy atom. The maximum absolute atomic E-state index is 12.5. The second-order valence-corrected chi connectivity index (χ2v) is 5.37. The number of nitrogens with one attached hydrogen (secondary N) is 1. The van der Waals surface area contributed by atoms with Crippen molar-refractivity contribution in [1.29, 1.82) is 0 Å². The van der Waals surface area contributed by atoms with Gasteiger partial charge in [-0.3, -0.25) is 19.3 Å². The number of aryl methyl sites for hydroxylation is 1. The lowest BCUT2D eigenvalue weighted by molar-refractivity contribution is -0.119. The number of fused-ring (bicyclic) bond motifs is 1. The van der Waals surface area contributed by atoms with E-state index in [-0.39, 0.29) is 18.4 Å². The average molecular weight is 299 g/mol. The number of amides is 2. The van der Waals surface area contributed by atoms with Crippen molar-refractivity contribution < 1.29 is 9.59 Å². The lowest BCUT2D eigenvalue weighted by Gasteiger charge is -2.23. The number of carbonyl (C=O) groups is 2. The molecule has 1 unspecified atom stereocenters. The number of pyridine rings is 1. The van der Waals surface area contributed by atoms with Gasteiger partial charge in [0.1, 0.15) is 6.54 Å². The summed E-state index contributed by atoms with van der Waals surface area (Å²) in [6.07, 6.45) is 7.52. The van der Waals surface area contributed by atoms with Gasteiger partial charge < -0.3 is 11.1 Å². The second-order valence-electron chi connectivity index (χ2n) is 5.37. The average Bonchev–Trinajstić information content (AvgIpc) is 2.92. The van der Waals surface area contributed by atoms with E-state index in [1.807, 2.05) is 12.1 Å². The summed E-state index contributed by atoms with van der Waals surface area (Å²) in [7, 11) is 0. The standard InChI is InChI=1S/C15H17N5O2/c16-13(21)9-20-8-11(7-18-20)19-15(22)12-5-1-3-10-4-2-6-17-14(10)12/h2,4,6-8,12H,1,3,5,9H2,(H2,16,21)(H,19,22). The van der Waals surface area contributed by atoms with Crippen LogP contribution in [0.2, 0.25) is 0 Å². The van der Waals surface area contributed by atoms with Crippen LogP contribution in [-0.4, -0.2) is 26.6 Å². The van der Waals surface area contributed by atoms with Crippen molar-refractivity contribution in [3.8, 4) is 0 Å². The van der Waals surface area contributed by atoms with Crippen LogP contribution < -0.4 is 11.1 Å². The van der Waals surface area contributed by atoms with E-state index in [9.17, 15) is 9.59 Å². The minimum Gasteiger partial charge on any atom is -0.368 e. The van der Waals surface area contributed by atoms with Crippen LogP contribution in [0, 0.1) is 0 Å². The van der Waals surface area contributed by atoms with Crippen LogP contribution in [0.1, 0.15) is 30.0 Å². The Hall–Kier alpha value is -2.70. The van der Waals surface area contributed by atoms with E-state index < -0.39 is 5.91 Å². The van der Waals surface area contributed by atoms with Gasteiger partial charge in [0.25, 0.3) is 0 Å². The summed E-state index contributed by atoms with van der Waals surface area (Å²) in [6, 6.07) is 3.92. The fourth-order valence-electron chi connectivity index (χ4n) is 2.77. The van der Waals surface area contributed by atoms with Gasteiger partial charge in [-0.05, 0) is 30.9 Å². The Morgan fingerprint density at radius 3 is 3.14 bits per heavy atom. The lowest BCUT2D eigenvalue weighted by Crippen LogP contribution is -2.25. The molecule has 0 fully saturated rings. The third-order valence-electron chi connectivity index (χ3n) is 3.73. The Bertz CT molecular complexity index is 709. The van der Waals surface area contributed by atoms with Crippen LogP contribution in [0.15, 0.2) is 30.7 Å². The molecule has 114 valence electrons. The third-order valence-corrected chi connectivity index (χ3v) is 3.73. The molecule has 22 heavy (non-hydrogen) atoms. The van der Waals surface area contributed by atoms with Gasteiger partial charge in [-0.2, -0.15) is 5.10 Å². The second kappa shape index (κ2) is 5.97. The summed E-state index contributed by atoms with van der Waals surface area (Å²) < 4.78 is 1.39. The van der Waals surface area contributed by atoms with Gasteiger partial charge in [0.15, 0.2) is 0 Å². The van der Waals surface area contributed by atoms with Crippen molar-refractivity contribution in [3.05, 3.63) is 42.0 Å². The van der Waals surface area contributed by atoms with Crippen molar-refractivity contribution >= 4 is 17.5 Å². The fourth-order valence-corrected chi connectivity index (χ4v) is 2.77. The number of carbonyl (C=O) groups excluding carboxylic acids is 2. The van der Waals surface area contributed by atoms with Crippen LogP contribution in [0.4, 0.5) is 5.69 Å². The summed E-state index contributed by atoms with van der Waals surface area (Å²) in [5.74, 6) is -0.825. The first kappa shape index (κ1) is 14.2. The molecule has 1 aliphatic carbocycles. The van der Waals surface area contributed by atoms with Crippen molar-refractivity contribution in [2.45, 2.75) is 31.7 Å². The molecule has 2 aromatic rings. The number of nitrogens with two attached hydrogens (primary N) is 1. The molecule has 0 saturated heterocycles. The van der Waals surface area contributed by atoms with E-state index in [1.54, 1.807) is 12.4 Å². The monoisotopic (exact) mass is 299 g/mol. The van der Waals surface area contributed by atoms with Gasteiger partial charge in [-0.15, -0.1) is 0 Å². The first-order chi connectivity index (χ1) is 10.6. The molecule has 1 atom stereocenters. The highest BCUT2D eigenvalue weighted by atomic mass is 16.2. The van der Waals surface area contributed by atoms with Crippen LogP contribution in [-0.2, 0) is 22.6 Å². The van der Waals surface area contributed by atoms with Crippen LogP contribution in [0.3, 0.4) is 0 Å². The van der Waals surface area contributed by atoms with E-state index in [2.05, 4.69) is 15.4 Å². The minimum atomic E-state index is -0.480. The molecule has 0 radical (unpaired) electrons. The highest BCUT2D eigenvalue weighted by molar-refractivity contribution is 5.95. The molecule has 0 aliphatic heterocycles. The molecule has 0 saturated carbocycles. The summed E-state index contributed by atoms with van der Waals surface area (Å²) in [4.78, 5) is 27.7. The van der Waals surface area contributed by atoms with Crippen molar-refractivity contribution in [1.82, 2.24) is 14.8 Å². The lowest BCUT2D eigenvalue weighted by atomic mass is 9.86. The number of anilines is 1. The molecule has 1 aliphatic rings. The number of hydrogen-bond donors (Lipinski definition) is 2. The maximum Gasteiger partial charge on any atom is 0.239 e. The molecule has 3 rings (SSSR count). The smallest absolute Gasteiger partial charge is 0.239 e. The number of aromatic nitrogens is 3. The molecule has 3 N–H and O–H groups in total. The molecule has 0 bridgehead atoms. The molecule has 2 aromatic heterocycles. The zero-order chi connectivity index (χ0) is 15.5. The van der Waals surface area contributed by atoms with Gasteiger partial charge in [0.05, 0.1) is 23.5 Å². The summed E-state index contributed by atoms with van der Waals surface area (Å²) >= 11 is 0. The summed E-state index contributed by atoms with van der Waals surface area (Å²) in [5, 5.41) is 6.82. The number of rotatable bonds is 4. The third kappa shape index (κ3) is 2.98. The SMILES string of the molecule is NC(=O)Cn1cc(NC(=O)C2CCCc3cccnc32)cn1. The van der Waals surface area contributed by atoms with E-state index in [0.29, 0.717) is 5.69 Å². The zero-order valence-electron chi connectivity index (χ0n) is 12.0. The Kier molecular flexibility index (Phi) is 3.86. The van der Waals surface area contributed by atoms with Gasteiger partial charge in [-0.1, -0.05) is 6.07 Å². The zero-order valence-corrected chi connectivity index (χ0v) is 12.0. The normalized spacial score (nSPS) is 16.8. The highest BCUT2D eigenvalue weighted by Crippen LogP contribution is 2.30. The first-order valence-corrected chi connectivity index (χ1v) is 7.19. The largest absolute Gasteiger partial charge is 0.368 e. The molecule has 7 heteroatoms. The molecule has 0 aromatic carbocycles.